The summed E-state index contributed by atoms with van der Waals surface area (Å²) in [5.74, 6) is 0. The van der Waals surface area contributed by atoms with E-state index < -0.39 is 29.5 Å². The Morgan fingerprint density at radius 1 is 0.862 bits per heavy atom. The van der Waals surface area contributed by atoms with Crippen molar-refractivity contribution in [3.63, 3.8) is 0 Å². The predicted molar refractivity (Wildman–Crippen MR) is 103 cm³/mol. The number of alkyl halides is 6. The molecule has 0 saturated heterocycles. The van der Waals surface area contributed by atoms with Crippen molar-refractivity contribution < 1.29 is 26.3 Å². The van der Waals surface area contributed by atoms with Crippen LogP contribution in [0, 0.1) is 0 Å². The minimum Gasteiger partial charge on any atom is -0.377 e. The van der Waals surface area contributed by atoms with Gasteiger partial charge >= 0.3 is 12.4 Å². The maximum atomic E-state index is 13.2. The fourth-order valence-corrected chi connectivity index (χ4v) is 3.13. The van der Waals surface area contributed by atoms with E-state index in [1.54, 1.807) is 0 Å². The molecule has 0 fully saturated rings. The number of rotatable bonds is 5. The maximum Gasteiger partial charge on any atom is 0.418 e. The van der Waals surface area contributed by atoms with E-state index in [9.17, 15) is 26.3 Å². The molecule has 0 aliphatic heterocycles. The normalized spacial score (nSPS) is 13.9. The lowest BCUT2D eigenvalue weighted by Gasteiger charge is -2.20. The van der Waals surface area contributed by atoms with E-state index in [2.05, 4.69) is 10.6 Å². The quantitative estimate of drug-likeness (QED) is 0.447. The molecular weight excluding hydrogens is 441 g/mol. The summed E-state index contributed by atoms with van der Waals surface area (Å²) in [6.07, 6.45) is -7.83. The van der Waals surface area contributed by atoms with E-state index in [-0.39, 0.29) is 27.1 Å². The topological polar surface area (TPSA) is 24.1 Å². The number of benzene rings is 2. The Hall–Kier alpha value is -2.06. The van der Waals surface area contributed by atoms with Crippen LogP contribution in [-0.2, 0) is 12.4 Å². The smallest absolute Gasteiger partial charge is 0.377 e. The van der Waals surface area contributed by atoms with Gasteiger partial charge in [-0.3, -0.25) is 0 Å². The molecule has 29 heavy (non-hydrogen) atoms. The van der Waals surface area contributed by atoms with Crippen LogP contribution >= 0.6 is 23.2 Å². The first-order valence-electron chi connectivity index (χ1n) is 8.24. The van der Waals surface area contributed by atoms with Crippen LogP contribution in [0.5, 0.6) is 0 Å². The maximum absolute atomic E-state index is 13.2. The van der Waals surface area contributed by atoms with Crippen molar-refractivity contribution in [2.45, 2.75) is 32.2 Å². The molecule has 1 unspecified atom stereocenters. The molecule has 1 atom stereocenters. The van der Waals surface area contributed by atoms with Crippen molar-refractivity contribution >= 4 is 34.6 Å². The Bertz CT molecular complexity index is 907. The van der Waals surface area contributed by atoms with E-state index in [1.165, 1.54) is 44.2 Å². The highest BCUT2D eigenvalue weighted by Crippen LogP contribution is 2.40. The highest BCUT2D eigenvalue weighted by atomic mass is 35.5. The van der Waals surface area contributed by atoms with Gasteiger partial charge in [-0.05, 0) is 44.2 Å². The number of halogens is 8. The number of hydrogen-bond acceptors (Lipinski definition) is 2. The second-order valence-corrected chi connectivity index (χ2v) is 7.04. The van der Waals surface area contributed by atoms with Gasteiger partial charge in [0.15, 0.2) is 0 Å². The predicted octanol–water partition coefficient (Wildman–Crippen LogP) is 7.85. The Kier molecular flexibility index (Phi) is 7.01. The molecule has 0 radical (unpaired) electrons. The third kappa shape index (κ3) is 5.96. The third-order valence-corrected chi connectivity index (χ3v) is 4.46. The zero-order valence-corrected chi connectivity index (χ0v) is 16.7. The van der Waals surface area contributed by atoms with E-state index in [0.29, 0.717) is 0 Å². The average molecular weight is 457 g/mol. The molecule has 0 spiro atoms. The first-order valence-corrected chi connectivity index (χ1v) is 8.99. The molecule has 0 aliphatic carbocycles. The molecule has 10 heteroatoms. The number of para-hydroxylation sites is 2. The van der Waals surface area contributed by atoms with Crippen molar-refractivity contribution in [2.24, 2.45) is 0 Å². The van der Waals surface area contributed by atoms with Crippen molar-refractivity contribution in [1.82, 2.24) is 0 Å². The molecular formula is C19H16Cl2F6N2. The van der Waals surface area contributed by atoms with Crippen LogP contribution in [0.3, 0.4) is 0 Å². The van der Waals surface area contributed by atoms with Gasteiger partial charge in [-0.1, -0.05) is 35.3 Å². The molecule has 2 aromatic rings. The first-order chi connectivity index (χ1) is 13.3. The number of nitrogens with one attached hydrogen (secondary N) is 2. The number of allylic oxidation sites excluding steroid dienone is 1. The second-order valence-electron chi connectivity index (χ2n) is 6.23. The van der Waals surface area contributed by atoms with E-state index in [1.807, 2.05) is 0 Å². The molecule has 2 nitrogen and oxygen atoms in total. The Morgan fingerprint density at radius 3 is 1.79 bits per heavy atom. The van der Waals surface area contributed by atoms with Gasteiger partial charge in [0.1, 0.15) is 0 Å². The van der Waals surface area contributed by atoms with Crippen LogP contribution in [0.1, 0.15) is 25.0 Å². The SMILES string of the molecule is CC(=CC(C)Nc1c(Cl)cccc1C(F)(F)F)Nc1c(Cl)cccc1C(F)(F)F. The molecule has 2 aromatic carbocycles. The highest BCUT2D eigenvalue weighted by Gasteiger charge is 2.35. The van der Waals surface area contributed by atoms with Gasteiger partial charge in [-0.25, -0.2) is 0 Å². The summed E-state index contributed by atoms with van der Waals surface area (Å²) in [6.45, 7) is 3.00. The summed E-state index contributed by atoms with van der Waals surface area (Å²) in [6, 6.07) is 6.03. The van der Waals surface area contributed by atoms with Gasteiger partial charge in [-0.15, -0.1) is 0 Å². The summed E-state index contributed by atoms with van der Waals surface area (Å²) >= 11 is 11.8. The molecule has 2 N–H and O–H groups in total. The van der Waals surface area contributed by atoms with Gasteiger partial charge in [0.05, 0.1) is 32.5 Å². The number of anilines is 2. The minimum atomic E-state index is -4.63. The average Bonchev–Trinajstić information content (AvgIpc) is 2.56. The van der Waals surface area contributed by atoms with Gasteiger partial charge < -0.3 is 10.6 Å². The zero-order valence-electron chi connectivity index (χ0n) is 15.1. The molecule has 158 valence electrons. The zero-order chi connectivity index (χ0) is 22.0. The fraction of sp³-hybridized carbons (Fsp3) is 0.263. The third-order valence-electron chi connectivity index (χ3n) is 3.83. The lowest BCUT2D eigenvalue weighted by Crippen LogP contribution is -2.18. The van der Waals surface area contributed by atoms with Gasteiger partial charge in [0, 0.05) is 11.7 Å². The number of hydrogen-bond donors (Lipinski definition) is 2. The molecule has 0 aromatic heterocycles. The van der Waals surface area contributed by atoms with Crippen molar-refractivity contribution in [2.75, 3.05) is 10.6 Å². The van der Waals surface area contributed by atoms with Gasteiger partial charge in [0.2, 0.25) is 0 Å². The summed E-state index contributed by atoms with van der Waals surface area (Å²) < 4.78 is 79.1. The summed E-state index contributed by atoms with van der Waals surface area (Å²) in [5, 5.41) is 4.94. The van der Waals surface area contributed by atoms with Crippen LogP contribution in [-0.4, -0.2) is 6.04 Å². The summed E-state index contributed by atoms with van der Waals surface area (Å²) in [5.41, 5.74) is -2.29. The largest absolute Gasteiger partial charge is 0.418 e. The molecule has 0 saturated carbocycles. The van der Waals surface area contributed by atoms with E-state index in [0.717, 1.165) is 12.1 Å². The molecule has 2 rings (SSSR count). The second kappa shape index (κ2) is 8.75. The Labute approximate surface area is 173 Å². The van der Waals surface area contributed by atoms with Crippen molar-refractivity contribution in [3.05, 3.63) is 69.3 Å². The van der Waals surface area contributed by atoms with E-state index >= 15 is 0 Å². The Morgan fingerprint density at radius 2 is 1.31 bits per heavy atom. The standard InChI is InChI=1S/C19H16Cl2F6N2/c1-10(28-16-12(18(22,23)24)5-3-7-14(16)20)9-11(2)29-17-13(19(25,26)27)6-4-8-15(17)21/h3-10,28-29H,1-2H3. The Balaban J connectivity index is 2.28. The van der Waals surface area contributed by atoms with Gasteiger partial charge in [0.25, 0.3) is 0 Å². The van der Waals surface area contributed by atoms with Crippen molar-refractivity contribution in [1.29, 1.82) is 0 Å². The van der Waals surface area contributed by atoms with Crippen LogP contribution in [0.15, 0.2) is 48.2 Å². The summed E-state index contributed by atoms with van der Waals surface area (Å²) in [4.78, 5) is 0. The van der Waals surface area contributed by atoms with Crippen LogP contribution in [0.4, 0.5) is 37.7 Å². The molecule has 0 bridgehead atoms. The van der Waals surface area contributed by atoms with Gasteiger partial charge in [-0.2, -0.15) is 26.3 Å². The molecule has 0 heterocycles. The first kappa shape index (κ1) is 23.2. The molecule has 0 aliphatic rings. The van der Waals surface area contributed by atoms with Crippen molar-refractivity contribution in [3.8, 4) is 0 Å². The monoisotopic (exact) mass is 456 g/mol. The lowest BCUT2D eigenvalue weighted by atomic mass is 10.1. The van der Waals surface area contributed by atoms with E-state index in [4.69, 9.17) is 23.2 Å². The fourth-order valence-electron chi connectivity index (χ4n) is 2.68. The lowest BCUT2D eigenvalue weighted by molar-refractivity contribution is -0.137. The summed E-state index contributed by atoms with van der Waals surface area (Å²) in [7, 11) is 0. The minimum absolute atomic E-state index is 0.129. The van der Waals surface area contributed by atoms with Crippen LogP contribution in [0.25, 0.3) is 0 Å². The highest BCUT2D eigenvalue weighted by molar-refractivity contribution is 6.33. The molecule has 0 amide bonds. The van der Waals surface area contributed by atoms with Crippen LogP contribution in [0.2, 0.25) is 10.0 Å². The van der Waals surface area contributed by atoms with Crippen LogP contribution < -0.4 is 10.6 Å².